The Balaban J connectivity index is 1.64. The Hall–Kier alpha value is -2.79. The zero-order valence-electron chi connectivity index (χ0n) is 16.6. The van der Waals surface area contributed by atoms with Crippen molar-refractivity contribution < 1.29 is 14.6 Å². The molecule has 2 N–H and O–H groups in total. The molecule has 0 radical (unpaired) electrons. The predicted molar refractivity (Wildman–Crippen MR) is 111 cm³/mol. The van der Waals surface area contributed by atoms with Crippen LogP contribution in [-0.4, -0.2) is 22.3 Å². The second-order valence-corrected chi connectivity index (χ2v) is 7.63. The highest BCUT2D eigenvalue weighted by molar-refractivity contribution is 5.79. The van der Waals surface area contributed by atoms with Gasteiger partial charge in [-0.05, 0) is 57.9 Å². The van der Waals surface area contributed by atoms with E-state index >= 15 is 0 Å². The average molecular weight is 381 g/mol. The minimum Gasteiger partial charge on any atom is -0.493 e. The van der Waals surface area contributed by atoms with Gasteiger partial charge in [0.2, 0.25) is 0 Å². The number of aromatic amines is 1. The van der Waals surface area contributed by atoms with Crippen molar-refractivity contribution in [2.45, 2.75) is 45.8 Å². The lowest BCUT2D eigenvalue weighted by molar-refractivity contribution is 0.0641. The number of hydrogen-bond acceptors (Lipinski definition) is 4. The molecule has 3 aromatic rings. The van der Waals surface area contributed by atoms with Crippen LogP contribution in [0.1, 0.15) is 37.9 Å². The van der Waals surface area contributed by atoms with Crippen LogP contribution in [0.25, 0.3) is 10.9 Å². The Labute approximate surface area is 164 Å². The first-order chi connectivity index (χ1) is 13.3. The molecular formula is C23H27NO4. The molecule has 5 nitrogen and oxygen atoms in total. The summed E-state index contributed by atoms with van der Waals surface area (Å²) >= 11 is 0. The first kappa shape index (κ1) is 20.0. The SMILES string of the molecule is Cc1c(COc2cccc(OCCCC(C)(C)O)c2)[nH]c2ccccc2c1=O. The lowest BCUT2D eigenvalue weighted by atomic mass is 10.0. The number of benzene rings is 2. The summed E-state index contributed by atoms with van der Waals surface area (Å²) in [7, 11) is 0. The molecule has 2 aromatic carbocycles. The summed E-state index contributed by atoms with van der Waals surface area (Å²) in [5, 5.41) is 10.4. The van der Waals surface area contributed by atoms with Crippen LogP contribution < -0.4 is 14.9 Å². The number of aliphatic hydroxyl groups is 1. The first-order valence-corrected chi connectivity index (χ1v) is 9.52. The maximum Gasteiger partial charge on any atom is 0.192 e. The van der Waals surface area contributed by atoms with E-state index < -0.39 is 5.60 Å². The van der Waals surface area contributed by atoms with E-state index in [1.165, 1.54) is 0 Å². The number of para-hydroxylation sites is 1. The van der Waals surface area contributed by atoms with Crippen molar-refractivity contribution in [1.82, 2.24) is 4.98 Å². The number of ether oxygens (including phenoxy) is 2. The molecule has 0 atom stereocenters. The molecule has 0 amide bonds. The molecular weight excluding hydrogens is 354 g/mol. The van der Waals surface area contributed by atoms with Gasteiger partial charge in [0, 0.05) is 22.5 Å². The van der Waals surface area contributed by atoms with E-state index in [4.69, 9.17) is 9.47 Å². The van der Waals surface area contributed by atoms with Crippen molar-refractivity contribution in [3.8, 4) is 11.5 Å². The maximum absolute atomic E-state index is 12.5. The van der Waals surface area contributed by atoms with E-state index in [9.17, 15) is 9.90 Å². The fourth-order valence-corrected chi connectivity index (χ4v) is 3.03. The second kappa shape index (κ2) is 8.48. The van der Waals surface area contributed by atoms with Crippen LogP contribution in [0.2, 0.25) is 0 Å². The van der Waals surface area contributed by atoms with Crippen molar-refractivity contribution in [3.05, 3.63) is 70.0 Å². The summed E-state index contributed by atoms with van der Waals surface area (Å²) in [5.74, 6) is 1.39. The third-order valence-electron chi connectivity index (χ3n) is 4.64. The topological polar surface area (TPSA) is 71.5 Å². The zero-order chi connectivity index (χ0) is 20.1. The lowest BCUT2D eigenvalue weighted by Gasteiger charge is -2.16. The number of H-pyrrole nitrogens is 1. The van der Waals surface area contributed by atoms with Crippen molar-refractivity contribution in [1.29, 1.82) is 0 Å². The molecule has 0 unspecified atom stereocenters. The van der Waals surface area contributed by atoms with Gasteiger partial charge in [-0.3, -0.25) is 4.79 Å². The van der Waals surface area contributed by atoms with Crippen LogP contribution in [-0.2, 0) is 6.61 Å². The Bertz CT molecular complexity index is 1000. The number of nitrogens with one attached hydrogen (secondary N) is 1. The molecule has 148 valence electrons. The molecule has 0 fully saturated rings. The van der Waals surface area contributed by atoms with Crippen LogP contribution in [0.15, 0.2) is 53.3 Å². The minimum absolute atomic E-state index is 0.0249. The maximum atomic E-state index is 12.5. The standard InChI is InChI=1S/C23H27NO4/c1-16-21(24-20-11-5-4-10-19(20)22(16)25)15-28-18-9-6-8-17(14-18)27-13-7-12-23(2,3)26/h4-6,8-11,14,26H,7,12-13,15H2,1-3H3,(H,24,25). The molecule has 0 saturated heterocycles. The van der Waals surface area contributed by atoms with Gasteiger partial charge in [-0.25, -0.2) is 0 Å². The Morgan fingerprint density at radius 2 is 1.75 bits per heavy atom. The van der Waals surface area contributed by atoms with Crippen molar-refractivity contribution >= 4 is 10.9 Å². The van der Waals surface area contributed by atoms with E-state index in [-0.39, 0.29) is 12.0 Å². The van der Waals surface area contributed by atoms with Gasteiger partial charge in [-0.1, -0.05) is 18.2 Å². The van der Waals surface area contributed by atoms with E-state index in [0.29, 0.717) is 29.7 Å². The van der Waals surface area contributed by atoms with Crippen LogP contribution >= 0.6 is 0 Å². The largest absolute Gasteiger partial charge is 0.493 e. The first-order valence-electron chi connectivity index (χ1n) is 9.52. The molecule has 0 aliphatic carbocycles. The third kappa shape index (κ3) is 5.14. The fourth-order valence-electron chi connectivity index (χ4n) is 3.03. The summed E-state index contributed by atoms with van der Waals surface area (Å²) in [6.45, 7) is 6.20. The molecule has 0 aliphatic rings. The number of hydrogen-bond donors (Lipinski definition) is 2. The van der Waals surface area contributed by atoms with Crippen molar-refractivity contribution in [3.63, 3.8) is 0 Å². The Morgan fingerprint density at radius 3 is 2.50 bits per heavy atom. The predicted octanol–water partition coefficient (Wildman–Crippen LogP) is 4.35. The summed E-state index contributed by atoms with van der Waals surface area (Å²) in [4.78, 5) is 15.8. The highest BCUT2D eigenvalue weighted by Crippen LogP contribution is 2.22. The van der Waals surface area contributed by atoms with E-state index in [1.54, 1.807) is 13.8 Å². The van der Waals surface area contributed by atoms with Crippen LogP contribution in [0.3, 0.4) is 0 Å². The van der Waals surface area contributed by atoms with Gasteiger partial charge in [-0.15, -0.1) is 0 Å². The second-order valence-electron chi connectivity index (χ2n) is 7.63. The summed E-state index contributed by atoms with van der Waals surface area (Å²) in [5.41, 5.74) is 1.58. The minimum atomic E-state index is -0.678. The Kier molecular flexibility index (Phi) is 6.05. The van der Waals surface area contributed by atoms with Crippen LogP contribution in [0, 0.1) is 6.92 Å². The molecule has 28 heavy (non-hydrogen) atoms. The zero-order valence-corrected chi connectivity index (χ0v) is 16.6. The lowest BCUT2D eigenvalue weighted by Crippen LogP contribution is -2.19. The van der Waals surface area contributed by atoms with Gasteiger partial charge in [0.1, 0.15) is 18.1 Å². The molecule has 0 spiro atoms. The van der Waals surface area contributed by atoms with Gasteiger partial charge in [0.15, 0.2) is 5.43 Å². The van der Waals surface area contributed by atoms with Crippen molar-refractivity contribution in [2.75, 3.05) is 6.61 Å². The van der Waals surface area contributed by atoms with Gasteiger partial charge >= 0.3 is 0 Å². The number of pyridine rings is 1. The molecule has 0 bridgehead atoms. The number of rotatable bonds is 8. The highest BCUT2D eigenvalue weighted by atomic mass is 16.5. The van der Waals surface area contributed by atoms with Gasteiger partial charge in [-0.2, -0.15) is 0 Å². The molecule has 0 aliphatic heterocycles. The quantitative estimate of drug-likeness (QED) is 0.569. The third-order valence-corrected chi connectivity index (χ3v) is 4.64. The van der Waals surface area contributed by atoms with Gasteiger partial charge < -0.3 is 19.6 Å². The van der Waals surface area contributed by atoms with Crippen LogP contribution in [0.4, 0.5) is 0 Å². The van der Waals surface area contributed by atoms with Crippen LogP contribution in [0.5, 0.6) is 11.5 Å². The summed E-state index contributed by atoms with van der Waals surface area (Å²) < 4.78 is 11.6. The fraction of sp³-hybridized carbons (Fsp3) is 0.348. The normalized spacial score (nSPS) is 11.6. The molecule has 0 saturated carbocycles. The van der Waals surface area contributed by atoms with Crippen molar-refractivity contribution in [2.24, 2.45) is 0 Å². The van der Waals surface area contributed by atoms with Gasteiger partial charge in [0.25, 0.3) is 0 Å². The monoisotopic (exact) mass is 381 g/mol. The molecule has 5 heteroatoms. The van der Waals surface area contributed by atoms with E-state index in [0.717, 1.165) is 23.4 Å². The molecule has 3 rings (SSSR count). The number of aromatic nitrogens is 1. The summed E-state index contributed by atoms with van der Waals surface area (Å²) in [6, 6.07) is 14.9. The van der Waals surface area contributed by atoms with Gasteiger partial charge in [0.05, 0.1) is 17.9 Å². The number of fused-ring (bicyclic) bond motifs is 1. The van der Waals surface area contributed by atoms with E-state index in [1.807, 2.05) is 55.5 Å². The smallest absolute Gasteiger partial charge is 0.192 e. The molecule has 1 heterocycles. The van der Waals surface area contributed by atoms with E-state index in [2.05, 4.69) is 4.98 Å². The Morgan fingerprint density at radius 1 is 1.04 bits per heavy atom. The highest BCUT2D eigenvalue weighted by Gasteiger charge is 2.12. The average Bonchev–Trinajstić information content (AvgIpc) is 2.67. The summed E-state index contributed by atoms with van der Waals surface area (Å²) in [6.07, 6.45) is 1.45. The molecule has 1 aromatic heterocycles.